The van der Waals surface area contributed by atoms with Gasteiger partial charge in [0.1, 0.15) is 0 Å². The van der Waals surface area contributed by atoms with Crippen LogP contribution in [0.4, 0.5) is 0 Å². The van der Waals surface area contributed by atoms with Crippen LogP contribution in [0.25, 0.3) is 10.6 Å². The summed E-state index contributed by atoms with van der Waals surface area (Å²) in [4.78, 5) is 15.3. The number of hydrogen-bond donors (Lipinski definition) is 1. The van der Waals surface area contributed by atoms with E-state index >= 15 is 0 Å². The number of aliphatic hydroxyl groups excluding tert-OH is 1. The van der Waals surface area contributed by atoms with Crippen molar-refractivity contribution in [1.29, 1.82) is 0 Å². The van der Waals surface area contributed by atoms with Crippen molar-refractivity contribution in [2.45, 2.75) is 13.8 Å². The number of nitrogens with zero attached hydrogens (tertiary/aromatic N) is 1. The van der Waals surface area contributed by atoms with Gasteiger partial charge in [0.15, 0.2) is 5.78 Å². The van der Waals surface area contributed by atoms with Gasteiger partial charge in [-0.15, -0.1) is 5.38 Å². The van der Waals surface area contributed by atoms with Gasteiger partial charge in [0.2, 0.25) is 0 Å². The second-order valence-electron chi connectivity index (χ2n) is 3.51. The molecular weight excluding hydrogens is 438 g/mol. The first-order valence-electron chi connectivity index (χ1n) is 5.34. The van der Waals surface area contributed by atoms with E-state index in [9.17, 15) is 4.79 Å². The first-order valence-corrected chi connectivity index (χ1v) is 6.22. The van der Waals surface area contributed by atoms with E-state index in [0.29, 0.717) is 0 Å². The maximum atomic E-state index is 10.0. The summed E-state index contributed by atoms with van der Waals surface area (Å²) in [6.45, 7) is 2.85. The van der Waals surface area contributed by atoms with E-state index in [4.69, 9.17) is 5.11 Å². The van der Waals surface area contributed by atoms with Crippen molar-refractivity contribution in [3.8, 4) is 10.6 Å². The SMILES string of the molecule is CC(=O)/C=C(/C)O.[Ir].[c-]1ccsc1-c1ccccn1. The molecule has 0 aliphatic carbocycles. The van der Waals surface area contributed by atoms with Gasteiger partial charge in [0.25, 0.3) is 0 Å². The Hall–Kier alpha value is -1.29. The number of aromatic nitrogens is 1. The van der Waals surface area contributed by atoms with E-state index in [1.54, 1.807) is 17.5 Å². The van der Waals surface area contributed by atoms with Crippen molar-refractivity contribution in [3.05, 3.63) is 53.7 Å². The predicted octanol–water partition coefficient (Wildman–Crippen LogP) is 3.64. The van der Waals surface area contributed by atoms with E-state index < -0.39 is 0 Å². The third-order valence-corrected chi connectivity index (χ3v) is 2.61. The monoisotopic (exact) mass is 453 g/mol. The minimum atomic E-state index is -0.125. The van der Waals surface area contributed by atoms with Crippen LogP contribution in [0.5, 0.6) is 0 Å². The number of aliphatic hydroxyl groups is 1. The maximum Gasteiger partial charge on any atom is 0.155 e. The molecule has 2 aromatic heterocycles. The van der Waals surface area contributed by atoms with Gasteiger partial charge in [-0.25, -0.2) is 11.3 Å². The van der Waals surface area contributed by atoms with Gasteiger partial charge in [0.05, 0.1) is 5.76 Å². The van der Waals surface area contributed by atoms with Gasteiger partial charge in [-0.2, -0.15) is 12.1 Å². The number of thiophene rings is 1. The smallest absolute Gasteiger partial charge is 0.155 e. The first-order chi connectivity index (χ1) is 8.59. The molecule has 0 fully saturated rings. The molecule has 103 valence electrons. The Morgan fingerprint density at radius 3 is 2.53 bits per heavy atom. The van der Waals surface area contributed by atoms with Crippen molar-refractivity contribution >= 4 is 17.1 Å². The van der Waals surface area contributed by atoms with E-state index in [0.717, 1.165) is 10.6 Å². The molecule has 19 heavy (non-hydrogen) atoms. The van der Waals surface area contributed by atoms with Crippen LogP contribution in [0.3, 0.4) is 0 Å². The fourth-order valence-corrected chi connectivity index (χ4v) is 1.82. The molecule has 2 heterocycles. The number of ketones is 1. The summed E-state index contributed by atoms with van der Waals surface area (Å²) in [7, 11) is 0. The number of allylic oxidation sites excluding steroid dienone is 2. The fourth-order valence-electron chi connectivity index (χ4n) is 1.17. The summed E-state index contributed by atoms with van der Waals surface area (Å²) in [6.07, 6.45) is 2.96. The molecule has 0 saturated heterocycles. The standard InChI is InChI=1S/C9H6NS.C5H8O2.Ir/c1-2-6-10-8(4-1)9-5-3-7-11-9;1-4(6)3-5(2)7;/h1-4,6-7H;3,6H,1-2H3;/q-1;;/b;4-3-;. The van der Waals surface area contributed by atoms with Crippen LogP contribution in [0.15, 0.2) is 47.7 Å². The molecule has 0 aromatic carbocycles. The topological polar surface area (TPSA) is 50.2 Å². The average Bonchev–Trinajstić information content (AvgIpc) is 2.82. The summed E-state index contributed by atoms with van der Waals surface area (Å²) in [5.74, 6) is -0.0625. The van der Waals surface area contributed by atoms with Gasteiger partial charge in [-0.05, 0) is 25.6 Å². The summed E-state index contributed by atoms with van der Waals surface area (Å²) in [5, 5.41) is 10.4. The number of carbonyl (C=O) groups excluding carboxylic acids is 1. The molecule has 0 bridgehead atoms. The molecular formula is C14H14IrNO2S-. The van der Waals surface area contributed by atoms with Crippen LogP contribution in [0.1, 0.15) is 13.8 Å². The molecule has 0 spiro atoms. The minimum Gasteiger partial charge on any atom is -0.512 e. The molecule has 0 aliphatic rings. The van der Waals surface area contributed by atoms with E-state index in [-0.39, 0.29) is 31.6 Å². The van der Waals surface area contributed by atoms with Gasteiger partial charge >= 0.3 is 0 Å². The van der Waals surface area contributed by atoms with Crippen LogP contribution in [0.2, 0.25) is 0 Å². The summed E-state index contributed by atoms with van der Waals surface area (Å²) < 4.78 is 0. The Balaban J connectivity index is 0.000000360. The molecule has 0 atom stereocenters. The Morgan fingerprint density at radius 1 is 1.42 bits per heavy atom. The largest absolute Gasteiger partial charge is 0.512 e. The molecule has 3 nitrogen and oxygen atoms in total. The van der Waals surface area contributed by atoms with Gasteiger partial charge in [-0.1, -0.05) is 17.0 Å². The molecule has 0 unspecified atom stereocenters. The van der Waals surface area contributed by atoms with E-state index in [1.807, 2.05) is 29.6 Å². The van der Waals surface area contributed by atoms with Crippen molar-refractivity contribution < 1.29 is 30.0 Å². The summed E-state index contributed by atoms with van der Waals surface area (Å²) in [5.41, 5.74) is 1.00. The quantitative estimate of drug-likeness (QED) is 0.430. The molecule has 1 radical (unpaired) electrons. The first kappa shape index (κ1) is 17.7. The molecule has 0 aliphatic heterocycles. The van der Waals surface area contributed by atoms with Crippen LogP contribution in [0, 0.1) is 6.07 Å². The number of hydrogen-bond acceptors (Lipinski definition) is 4. The van der Waals surface area contributed by atoms with Crippen molar-refractivity contribution in [3.63, 3.8) is 0 Å². The second kappa shape index (κ2) is 9.61. The van der Waals surface area contributed by atoms with Gasteiger partial charge in [0, 0.05) is 32.4 Å². The molecule has 2 aromatic rings. The van der Waals surface area contributed by atoms with E-state index in [2.05, 4.69) is 11.1 Å². The zero-order valence-corrected chi connectivity index (χ0v) is 13.8. The molecule has 0 saturated carbocycles. The summed E-state index contributed by atoms with van der Waals surface area (Å²) >= 11 is 1.66. The third-order valence-electron chi connectivity index (χ3n) is 1.78. The van der Waals surface area contributed by atoms with Crippen molar-refractivity contribution in [1.82, 2.24) is 4.98 Å². The van der Waals surface area contributed by atoms with Crippen LogP contribution < -0.4 is 0 Å². The number of pyridine rings is 1. The number of rotatable bonds is 2. The fraction of sp³-hybridized carbons (Fsp3) is 0.143. The molecule has 2 rings (SSSR count). The van der Waals surface area contributed by atoms with Gasteiger partial charge in [-0.3, -0.25) is 4.79 Å². The predicted molar refractivity (Wildman–Crippen MR) is 73.5 cm³/mol. The van der Waals surface area contributed by atoms with Gasteiger partial charge < -0.3 is 10.1 Å². The Labute approximate surface area is 130 Å². The van der Waals surface area contributed by atoms with Crippen LogP contribution in [-0.2, 0) is 24.9 Å². The summed E-state index contributed by atoms with van der Waals surface area (Å²) in [6, 6.07) is 10.9. The molecule has 1 N–H and O–H groups in total. The molecule has 5 heteroatoms. The van der Waals surface area contributed by atoms with Crippen molar-refractivity contribution in [2.75, 3.05) is 0 Å². The second-order valence-corrected chi connectivity index (χ2v) is 4.42. The minimum absolute atomic E-state index is 0. The van der Waals surface area contributed by atoms with Crippen molar-refractivity contribution in [2.24, 2.45) is 0 Å². The Bertz CT molecular complexity index is 506. The number of carbonyl (C=O) groups is 1. The third kappa shape index (κ3) is 7.67. The Kier molecular flexibility index (Phi) is 8.96. The zero-order chi connectivity index (χ0) is 13.4. The molecule has 0 amide bonds. The normalized spacial score (nSPS) is 9.89. The van der Waals surface area contributed by atoms with E-state index in [1.165, 1.54) is 19.9 Å². The zero-order valence-electron chi connectivity index (χ0n) is 10.6. The van der Waals surface area contributed by atoms with Crippen LogP contribution in [-0.4, -0.2) is 15.9 Å². The maximum absolute atomic E-state index is 10.0. The Morgan fingerprint density at radius 2 is 2.16 bits per heavy atom. The van der Waals surface area contributed by atoms with Crippen LogP contribution >= 0.6 is 11.3 Å². The average molecular weight is 453 g/mol.